The van der Waals surface area contributed by atoms with Crippen LogP contribution < -0.4 is 11.5 Å². The van der Waals surface area contributed by atoms with E-state index in [4.69, 9.17) is 11.5 Å². The van der Waals surface area contributed by atoms with Crippen LogP contribution in [0.4, 0.5) is 0 Å². The highest BCUT2D eigenvalue weighted by molar-refractivity contribution is 5.13. The highest BCUT2D eigenvalue weighted by Crippen LogP contribution is 2.55. The molecule has 4 fully saturated rings. The molecule has 0 aliphatic heterocycles. The fraction of sp³-hybridized carbons (Fsp3) is 1.00. The zero-order valence-electron chi connectivity index (χ0n) is 7.55. The number of hydrogen-bond acceptors (Lipinski definition) is 2. The molecule has 4 bridgehead atoms. The van der Waals surface area contributed by atoms with Crippen molar-refractivity contribution in [2.45, 2.75) is 49.6 Å². The Balaban J connectivity index is 1.98. The van der Waals surface area contributed by atoms with Crippen molar-refractivity contribution < 1.29 is 0 Å². The van der Waals surface area contributed by atoms with Crippen molar-refractivity contribution in [1.29, 1.82) is 0 Å². The normalized spacial score (nSPS) is 62.5. The summed E-state index contributed by atoms with van der Waals surface area (Å²) in [6, 6.07) is 0. The third-order valence-corrected chi connectivity index (χ3v) is 4.15. The molecule has 0 amide bonds. The predicted molar refractivity (Wildman–Crippen MR) is 48.5 cm³/mol. The maximum Gasteiger partial charge on any atom is 0.0177 e. The van der Waals surface area contributed by atoms with Crippen molar-refractivity contribution in [2.24, 2.45) is 23.3 Å². The Morgan fingerprint density at radius 2 is 1.25 bits per heavy atom. The van der Waals surface area contributed by atoms with E-state index < -0.39 is 0 Å². The van der Waals surface area contributed by atoms with Crippen LogP contribution >= 0.6 is 0 Å². The third-order valence-electron chi connectivity index (χ3n) is 4.15. The van der Waals surface area contributed by atoms with Gasteiger partial charge in [0.2, 0.25) is 0 Å². The lowest BCUT2D eigenvalue weighted by atomic mass is 9.50. The maximum atomic E-state index is 6.33. The van der Waals surface area contributed by atoms with E-state index in [1.165, 1.54) is 32.1 Å². The second-order valence-electron chi connectivity index (χ2n) is 5.69. The summed E-state index contributed by atoms with van der Waals surface area (Å²) in [6.07, 6.45) is 7.51. The quantitative estimate of drug-likeness (QED) is 0.564. The maximum absolute atomic E-state index is 6.33. The van der Waals surface area contributed by atoms with Crippen LogP contribution in [0.25, 0.3) is 0 Å². The largest absolute Gasteiger partial charge is 0.325 e. The van der Waals surface area contributed by atoms with Crippen molar-refractivity contribution in [3.63, 3.8) is 0 Å². The lowest BCUT2D eigenvalue weighted by Crippen LogP contribution is -2.66. The summed E-state index contributed by atoms with van der Waals surface area (Å²) in [5, 5.41) is 0. The van der Waals surface area contributed by atoms with Crippen LogP contribution in [-0.2, 0) is 0 Å². The Hall–Kier alpha value is -0.0800. The smallest absolute Gasteiger partial charge is 0.0177 e. The van der Waals surface area contributed by atoms with Gasteiger partial charge in [-0.15, -0.1) is 0 Å². The minimum atomic E-state index is 0.138. The van der Waals surface area contributed by atoms with Crippen molar-refractivity contribution in [3.05, 3.63) is 0 Å². The van der Waals surface area contributed by atoms with E-state index in [2.05, 4.69) is 0 Å². The van der Waals surface area contributed by atoms with Gasteiger partial charge in [-0.05, 0) is 50.4 Å². The second kappa shape index (κ2) is 1.88. The summed E-state index contributed by atoms with van der Waals surface area (Å²) in [5.74, 6) is 1.72. The van der Waals surface area contributed by atoms with Crippen LogP contribution in [0.15, 0.2) is 0 Å². The monoisotopic (exact) mass is 166 g/mol. The van der Waals surface area contributed by atoms with E-state index in [9.17, 15) is 0 Å². The first-order valence-corrected chi connectivity index (χ1v) is 5.15. The molecular formula is C10H18N2. The molecule has 0 aromatic rings. The first-order valence-electron chi connectivity index (χ1n) is 5.15. The number of rotatable bonds is 0. The zero-order chi connectivity index (χ0) is 8.40. The second-order valence-corrected chi connectivity index (χ2v) is 5.69. The molecule has 4 saturated carbocycles. The molecule has 2 heteroatoms. The lowest BCUT2D eigenvalue weighted by molar-refractivity contribution is -0.0173. The summed E-state index contributed by atoms with van der Waals surface area (Å²) < 4.78 is 0. The van der Waals surface area contributed by atoms with E-state index in [1.807, 2.05) is 0 Å². The van der Waals surface area contributed by atoms with Crippen molar-refractivity contribution >= 4 is 0 Å². The Morgan fingerprint density at radius 1 is 0.833 bits per heavy atom. The number of hydrogen-bond donors (Lipinski definition) is 2. The predicted octanol–water partition coefficient (Wildman–Crippen LogP) is 0.995. The van der Waals surface area contributed by atoms with Crippen LogP contribution in [0.1, 0.15) is 38.5 Å². The van der Waals surface area contributed by atoms with Gasteiger partial charge in [-0.3, -0.25) is 0 Å². The van der Waals surface area contributed by atoms with Gasteiger partial charge in [0, 0.05) is 11.1 Å². The van der Waals surface area contributed by atoms with Gasteiger partial charge in [0.1, 0.15) is 0 Å². The van der Waals surface area contributed by atoms with E-state index >= 15 is 0 Å². The SMILES string of the molecule is N[C@]12CC3C[C@H](C1)C[C@@](N)(C3)C2. The van der Waals surface area contributed by atoms with Gasteiger partial charge in [-0.2, -0.15) is 0 Å². The van der Waals surface area contributed by atoms with Crippen molar-refractivity contribution in [1.82, 2.24) is 0 Å². The van der Waals surface area contributed by atoms with E-state index in [0.717, 1.165) is 18.3 Å². The number of nitrogens with two attached hydrogens (primary N) is 2. The zero-order valence-corrected chi connectivity index (χ0v) is 7.55. The Bertz CT molecular complexity index is 190. The molecule has 0 heterocycles. The van der Waals surface area contributed by atoms with Crippen LogP contribution in [0, 0.1) is 11.8 Å². The van der Waals surface area contributed by atoms with Gasteiger partial charge in [0.05, 0.1) is 0 Å². The highest BCUT2D eigenvalue weighted by atomic mass is 14.9. The molecule has 4 aliphatic carbocycles. The minimum absolute atomic E-state index is 0.138. The highest BCUT2D eigenvalue weighted by Gasteiger charge is 2.54. The third kappa shape index (κ3) is 0.882. The van der Waals surface area contributed by atoms with E-state index in [-0.39, 0.29) is 11.1 Å². The van der Waals surface area contributed by atoms with Gasteiger partial charge in [-0.1, -0.05) is 0 Å². The fourth-order valence-corrected chi connectivity index (χ4v) is 4.41. The topological polar surface area (TPSA) is 52.0 Å². The average Bonchev–Trinajstić information content (AvgIpc) is 1.75. The average molecular weight is 166 g/mol. The van der Waals surface area contributed by atoms with Crippen LogP contribution in [-0.4, -0.2) is 11.1 Å². The van der Waals surface area contributed by atoms with Gasteiger partial charge < -0.3 is 11.5 Å². The first kappa shape index (κ1) is 7.34. The van der Waals surface area contributed by atoms with Gasteiger partial charge >= 0.3 is 0 Å². The molecule has 0 unspecified atom stereocenters. The van der Waals surface area contributed by atoms with Gasteiger partial charge in [-0.25, -0.2) is 0 Å². The molecule has 0 aromatic carbocycles. The molecule has 0 radical (unpaired) electrons. The van der Waals surface area contributed by atoms with Gasteiger partial charge in [0.15, 0.2) is 0 Å². The molecule has 4 aliphatic rings. The molecule has 0 saturated heterocycles. The van der Waals surface area contributed by atoms with Crippen LogP contribution in [0.5, 0.6) is 0 Å². The lowest BCUT2D eigenvalue weighted by Gasteiger charge is -2.59. The molecule has 2 nitrogen and oxygen atoms in total. The Labute approximate surface area is 73.7 Å². The summed E-state index contributed by atoms with van der Waals surface area (Å²) in [7, 11) is 0. The van der Waals surface area contributed by atoms with Gasteiger partial charge in [0.25, 0.3) is 0 Å². The first-order chi connectivity index (χ1) is 5.57. The summed E-state index contributed by atoms with van der Waals surface area (Å²) in [6.45, 7) is 0. The Morgan fingerprint density at radius 3 is 1.58 bits per heavy atom. The summed E-state index contributed by atoms with van der Waals surface area (Å²) in [4.78, 5) is 0. The summed E-state index contributed by atoms with van der Waals surface area (Å²) >= 11 is 0. The fourth-order valence-electron chi connectivity index (χ4n) is 4.41. The molecule has 4 N–H and O–H groups in total. The molecule has 0 spiro atoms. The van der Waals surface area contributed by atoms with Crippen LogP contribution in [0.2, 0.25) is 0 Å². The molecule has 4 rings (SSSR count). The van der Waals surface area contributed by atoms with E-state index in [1.54, 1.807) is 0 Å². The van der Waals surface area contributed by atoms with Crippen LogP contribution in [0.3, 0.4) is 0 Å². The summed E-state index contributed by atoms with van der Waals surface area (Å²) in [5.41, 5.74) is 12.9. The van der Waals surface area contributed by atoms with Crippen molar-refractivity contribution in [3.8, 4) is 0 Å². The molecular weight excluding hydrogens is 148 g/mol. The Kier molecular flexibility index (Phi) is 1.15. The molecule has 12 heavy (non-hydrogen) atoms. The van der Waals surface area contributed by atoms with E-state index in [0.29, 0.717) is 0 Å². The standard InChI is InChI=1S/C10H18N2/c11-9-2-7-1-8(4-9)5-10(12,3-7)6-9/h7-8H,1-6,11-12H2/t7-,8?,9+,10-. The molecule has 0 aromatic heterocycles. The van der Waals surface area contributed by atoms with Crippen molar-refractivity contribution in [2.75, 3.05) is 0 Å². The minimum Gasteiger partial charge on any atom is -0.325 e. The molecule has 68 valence electrons. The molecule has 0 atom stereocenters.